The summed E-state index contributed by atoms with van der Waals surface area (Å²) in [5, 5.41) is 0. The molecule has 2 nitrogen and oxygen atoms in total. The van der Waals surface area contributed by atoms with Crippen LogP contribution in [0, 0.1) is 5.92 Å². The maximum atomic E-state index is 6.09. The zero-order chi connectivity index (χ0) is 10.9. The summed E-state index contributed by atoms with van der Waals surface area (Å²) in [6.45, 7) is 10.2. The third kappa shape index (κ3) is 2.54. The predicted molar refractivity (Wildman–Crippen MR) is 63.0 cm³/mol. The first-order valence-electron chi connectivity index (χ1n) is 6.49. The van der Waals surface area contributed by atoms with Gasteiger partial charge in [-0.05, 0) is 45.4 Å². The van der Waals surface area contributed by atoms with E-state index >= 15 is 0 Å². The standard InChI is InChI=1S/C13H25NO/c1-11(2)14-8-9-15-13(10-14)6-4-12(3)5-7-13/h11-12H,4-10H2,1-3H3. The van der Waals surface area contributed by atoms with Gasteiger partial charge in [-0.1, -0.05) is 6.92 Å². The van der Waals surface area contributed by atoms with Crippen molar-refractivity contribution in [3.63, 3.8) is 0 Å². The minimum Gasteiger partial charge on any atom is -0.372 e. The second-order valence-corrected chi connectivity index (χ2v) is 5.78. The molecule has 0 aromatic carbocycles. The average Bonchev–Trinajstić information content (AvgIpc) is 2.23. The molecule has 0 atom stereocenters. The molecule has 0 N–H and O–H groups in total. The molecule has 1 aliphatic heterocycles. The lowest BCUT2D eigenvalue weighted by atomic mass is 9.78. The molecule has 2 fully saturated rings. The first kappa shape index (κ1) is 11.4. The minimum absolute atomic E-state index is 0.217. The Hall–Kier alpha value is -0.0800. The van der Waals surface area contributed by atoms with Gasteiger partial charge in [-0.25, -0.2) is 0 Å². The second kappa shape index (κ2) is 4.42. The molecule has 2 heteroatoms. The zero-order valence-corrected chi connectivity index (χ0v) is 10.5. The van der Waals surface area contributed by atoms with Crippen molar-refractivity contribution >= 4 is 0 Å². The Morgan fingerprint density at radius 1 is 1.27 bits per heavy atom. The molecule has 2 aliphatic rings. The van der Waals surface area contributed by atoms with Crippen LogP contribution >= 0.6 is 0 Å². The van der Waals surface area contributed by atoms with Crippen molar-refractivity contribution in [3.8, 4) is 0 Å². The molecular formula is C13H25NO. The number of ether oxygens (including phenoxy) is 1. The Morgan fingerprint density at radius 2 is 1.93 bits per heavy atom. The monoisotopic (exact) mass is 211 g/mol. The molecule has 1 spiro atoms. The number of rotatable bonds is 1. The van der Waals surface area contributed by atoms with Crippen LogP contribution in [0.1, 0.15) is 46.5 Å². The Morgan fingerprint density at radius 3 is 2.53 bits per heavy atom. The number of nitrogens with zero attached hydrogens (tertiary/aromatic N) is 1. The lowest BCUT2D eigenvalue weighted by Crippen LogP contribution is -2.55. The third-order valence-corrected chi connectivity index (χ3v) is 4.19. The highest BCUT2D eigenvalue weighted by Gasteiger charge is 2.39. The molecule has 0 aromatic rings. The van der Waals surface area contributed by atoms with Crippen molar-refractivity contribution in [3.05, 3.63) is 0 Å². The average molecular weight is 211 g/mol. The maximum absolute atomic E-state index is 6.09. The van der Waals surface area contributed by atoms with Gasteiger partial charge in [0.05, 0.1) is 12.2 Å². The topological polar surface area (TPSA) is 12.5 Å². The Labute approximate surface area is 94.0 Å². The van der Waals surface area contributed by atoms with Crippen molar-refractivity contribution in [1.82, 2.24) is 4.90 Å². The SMILES string of the molecule is CC1CCC2(CC1)CN(C(C)C)CCO2. The van der Waals surface area contributed by atoms with E-state index in [-0.39, 0.29) is 5.60 Å². The molecule has 0 amide bonds. The van der Waals surface area contributed by atoms with Gasteiger partial charge in [0.15, 0.2) is 0 Å². The van der Waals surface area contributed by atoms with Crippen LogP contribution in [-0.2, 0) is 4.74 Å². The van der Waals surface area contributed by atoms with Crippen molar-refractivity contribution in [1.29, 1.82) is 0 Å². The summed E-state index contributed by atoms with van der Waals surface area (Å²) < 4.78 is 6.09. The fraction of sp³-hybridized carbons (Fsp3) is 1.00. The summed E-state index contributed by atoms with van der Waals surface area (Å²) in [7, 11) is 0. The molecular weight excluding hydrogens is 186 g/mol. The number of morpholine rings is 1. The van der Waals surface area contributed by atoms with Gasteiger partial charge < -0.3 is 4.74 Å². The van der Waals surface area contributed by atoms with Crippen LogP contribution < -0.4 is 0 Å². The smallest absolute Gasteiger partial charge is 0.0809 e. The molecule has 1 aliphatic carbocycles. The molecule has 15 heavy (non-hydrogen) atoms. The Balaban J connectivity index is 1.96. The highest BCUT2D eigenvalue weighted by Crippen LogP contribution is 2.37. The van der Waals surface area contributed by atoms with E-state index < -0.39 is 0 Å². The molecule has 1 saturated carbocycles. The van der Waals surface area contributed by atoms with Crippen LogP contribution in [0.5, 0.6) is 0 Å². The first-order valence-corrected chi connectivity index (χ1v) is 6.49. The van der Waals surface area contributed by atoms with Gasteiger partial charge in [0.2, 0.25) is 0 Å². The molecule has 0 unspecified atom stereocenters. The highest BCUT2D eigenvalue weighted by molar-refractivity contribution is 4.92. The largest absolute Gasteiger partial charge is 0.372 e. The maximum Gasteiger partial charge on any atom is 0.0809 e. The summed E-state index contributed by atoms with van der Waals surface area (Å²) in [4.78, 5) is 2.58. The summed E-state index contributed by atoms with van der Waals surface area (Å²) in [6.07, 6.45) is 5.26. The van der Waals surface area contributed by atoms with Crippen LogP contribution in [0.3, 0.4) is 0 Å². The Bertz CT molecular complexity index is 207. The quantitative estimate of drug-likeness (QED) is 0.661. The van der Waals surface area contributed by atoms with E-state index in [2.05, 4.69) is 25.7 Å². The summed E-state index contributed by atoms with van der Waals surface area (Å²) in [6, 6.07) is 0.671. The molecule has 88 valence electrons. The first-order chi connectivity index (χ1) is 7.11. The van der Waals surface area contributed by atoms with Crippen molar-refractivity contribution in [2.24, 2.45) is 5.92 Å². The molecule has 1 heterocycles. The fourth-order valence-electron chi connectivity index (χ4n) is 2.91. The van der Waals surface area contributed by atoms with Gasteiger partial charge in [0, 0.05) is 19.1 Å². The summed E-state index contributed by atoms with van der Waals surface area (Å²) in [5.41, 5.74) is 0.217. The molecule has 0 bridgehead atoms. The lowest BCUT2D eigenvalue weighted by Gasteiger charge is -2.47. The fourth-order valence-corrected chi connectivity index (χ4v) is 2.91. The molecule has 0 aromatic heterocycles. The van der Waals surface area contributed by atoms with E-state index in [1.54, 1.807) is 0 Å². The van der Waals surface area contributed by atoms with Gasteiger partial charge in [-0.15, -0.1) is 0 Å². The van der Waals surface area contributed by atoms with Gasteiger partial charge in [0.25, 0.3) is 0 Å². The predicted octanol–water partition coefficient (Wildman–Crippen LogP) is 2.68. The summed E-state index contributed by atoms with van der Waals surface area (Å²) in [5.74, 6) is 0.911. The number of hydrogen-bond acceptors (Lipinski definition) is 2. The van der Waals surface area contributed by atoms with E-state index in [1.165, 1.54) is 25.7 Å². The van der Waals surface area contributed by atoms with E-state index in [9.17, 15) is 0 Å². The van der Waals surface area contributed by atoms with E-state index in [1.807, 2.05) is 0 Å². The normalized spacial score (nSPS) is 38.8. The van der Waals surface area contributed by atoms with Crippen LogP contribution in [0.4, 0.5) is 0 Å². The third-order valence-electron chi connectivity index (χ3n) is 4.19. The van der Waals surface area contributed by atoms with E-state index in [0.717, 1.165) is 25.6 Å². The van der Waals surface area contributed by atoms with E-state index in [0.29, 0.717) is 6.04 Å². The van der Waals surface area contributed by atoms with Crippen LogP contribution in [-0.4, -0.2) is 36.2 Å². The Kier molecular flexibility index (Phi) is 3.36. The second-order valence-electron chi connectivity index (χ2n) is 5.78. The van der Waals surface area contributed by atoms with Gasteiger partial charge >= 0.3 is 0 Å². The molecule has 1 saturated heterocycles. The zero-order valence-electron chi connectivity index (χ0n) is 10.5. The van der Waals surface area contributed by atoms with E-state index in [4.69, 9.17) is 4.74 Å². The van der Waals surface area contributed by atoms with Crippen LogP contribution in [0.2, 0.25) is 0 Å². The van der Waals surface area contributed by atoms with Gasteiger partial charge in [-0.3, -0.25) is 4.90 Å². The molecule has 0 radical (unpaired) electrons. The van der Waals surface area contributed by atoms with Crippen molar-refractivity contribution < 1.29 is 4.74 Å². The van der Waals surface area contributed by atoms with Gasteiger partial charge in [-0.2, -0.15) is 0 Å². The van der Waals surface area contributed by atoms with Crippen molar-refractivity contribution in [2.75, 3.05) is 19.7 Å². The lowest BCUT2D eigenvalue weighted by molar-refractivity contribution is -0.137. The van der Waals surface area contributed by atoms with Crippen LogP contribution in [0.25, 0.3) is 0 Å². The summed E-state index contributed by atoms with van der Waals surface area (Å²) >= 11 is 0. The van der Waals surface area contributed by atoms with Crippen LogP contribution in [0.15, 0.2) is 0 Å². The highest BCUT2D eigenvalue weighted by atomic mass is 16.5. The number of hydrogen-bond donors (Lipinski definition) is 0. The minimum atomic E-state index is 0.217. The van der Waals surface area contributed by atoms with Gasteiger partial charge in [0.1, 0.15) is 0 Å². The molecule has 2 rings (SSSR count). The van der Waals surface area contributed by atoms with Crippen molar-refractivity contribution in [2.45, 2.75) is 58.1 Å².